The molecular weight excluding hydrogens is 398 g/mol. The third-order valence-corrected chi connectivity index (χ3v) is 6.98. The molecule has 6 heteroatoms. The number of hydrogen-bond donors (Lipinski definition) is 2. The summed E-state index contributed by atoms with van der Waals surface area (Å²) in [5.41, 5.74) is 0.299. The number of nitrogens with zero attached hydrogens (tertiary/aromatic N) is 1. The fraction of sp³-hybridized carbons (Fsp3) is 0.667. The van der Waals surface area contributed by atoms with E-state index in [4.69, 9.17) is 0 Å². The summed E-state index contributed by atoms with van der Waals surface area (Å²) >= 11 is 1.15. The number of thiophene rings is 1. The van der Waals surface area contributed by atoms with Crippen LogP contribution in [0.25, 0.3) is 0 Å². The number of aliphatic hydroxyl groups excluding tert-OH is 1. The highest BCUT2D eigenvalue weighted by Crippen LogP contribution is 2.38. The predicted octanol–water partition coefficient (Wildman–Crippen LogP) is 5.06. The number of aromatic carboxylic acids is 1. The second-order valence-corrected chi connectivity index (χ2v) is 10.7. The lowest BCUT2D eigenvalue weighted by molar-refractivity contribution is -0.124. The standard InChI is InChI=1S/C24H33NO4S/c1-24(2,3)14-13-19-15-20(21(30-19)23(28)29)25(17-9-11-18(26)12-10-17)22(27)16-7-5-4-6-8-16/h15-18,26H,4-12H2,1-3H3,(H,28,29). The van der Waals surface area contributed by atoms with Gasteiger partial charge in [0.05, 0.1) is 16.7 Å². The Labute approximate surface area is 183 Å². The molecule has 0 aliphatic heterocycles. The van der Waals surface area contributed by atoms with E-state index in [0.717, 1.165) is 43.4 Å². The lowest BCUT2D eigenvalue weighted by atomic mass is 9.86. The minimum absolute atomic E-state index is 0.0451. The number of carbonyl (C=O) groups excluding carboxylic acids is 1. The summed E-state index contributed by atoms with van der Waals surface area (Å²) < 4.78 is 0. The van der Waals surface area contributed by atoms with Crippen LogP contribution in [-0.2, 0) is 4.79 Å². The van der Waals surface area contributed by atoms with Crippen molar-refractivity contribution in [2.75, 3.05) is 4.90 Å². The third kappa shape index (κ3) is 5.65. The zero-order valence-electron chi connectivity index (χ0n) is 18.2. The highest BCUT2D eigenvalue weighted by atomic mass is 32.1. The first-order valence-electron chi connectivity index (χ1n) is 11.1. The van der Waals surface area contributed by atoms with Crippen LogP contribution >= 0.6 is 11.3 Å². The first-order valence-corrected chi connectivity index (χ1v) is 11.9. The van der Waals surface area contributed by atoms with Crippen molar-refractivity contribution in [1.82, 2.24) is 0 Å². The van der Waals surface area contributed by atoms with Gasteiger partial charge in [0.15, 0.2) is 0 Å². The molecule has 3 rings (SSSR count). The maximum absolute atomic E-state index is 13.6. The van der Waals surface area contributed by atoms with Crippen molar-refractivity contribution < 1.29 is 19.8 Å². The molecule has 0 radical (unpaired) electrons. The summed E-state index contributed by atoms with van der Waals surface area (Å²) in [6.45, 7) is 6.04. The van der Waals surface area contributed by atoms with Gasteiger partial charge in [0.25, 0.3) is 0 Å². The highest BCUT2D eigenvalue weighted by molar-refractivity contribution is 7.15. The Kier molecular flexibility index (Phi) is 7.26. The molecule has 5 nitrogen and oxygen atoms in total. The van der Waals surface area contributed by atoms with Crippen LogP contribution in [0.2, 0.25) is 0 Å². The van der Waals surface area contributed by atoms with Gasteiger partial charge >= 0.3 is 5.97 Å². The number of carbonyl (C=O) groups is 2. The minimum atomic E-state index is -1.02. The Morgan fingerprint density at radius 1 is 1.07 bits per heavy atom. The zero-order valence-corrected chi connectivity index (χ0v) is 19.1. The maximum Gasteiger partial charge on any atom is 0.348 e. The summed E-state index contributed by atoms with van der Waals surface area (Å²) in [7, 11) is 0. The van der Waals surface area contributed by atoms with E-state index < -0.39 is 5.97 Å². The molecule has 164 valence electrons. The van der Waals surface area contributed by atoms with Crippen molar-refractivity contribution in [2.45, 2.75) is 90.7 Å². The van der Waals surface area contributed by atoms with Gasteiger partial charge in [-0.25, -0.2) is 4.79 Å². The topological polar surface area (TPSA) is 77.8 Å². The van der Waals surface area contributed by atoms with Gasteiger partial charge in [-0.15, -0.1) is 11.3 Å². The Morgan fingerprint density at radius 2 is 1.70 bits per heavy atom. The van der Waals surface area contributed by atoms with E-state index in [0.29, 0.717) is 36.2 Å². The number of amides is 1. The fourth-order valence-corrected chi connectivity index (χ4v) is 5.22. The van der Waals surface area contributed by atoms with E-state index in [1.54, 1.807) is 11.0 Å². The molecule has 30 heavy (non-hydrogen) atoms. The molecule has 0 spiro atoms. The number of carboxylic acid groups (broad SMARTS) is 1. The SMILES string of the molecule is CC(C)(C)C#Cc1cc(N(C(=O)C2CCCCC2)C2CCC(O)CC2)c(C(=O)O)s1. The molecule has 2 fully saturated rings. The van der Waals surface area contributed by atoms with E-state index in [2.05, 4.69) is 11.8 Å². The van der Waals surface area contributed by atoms with E-state index in [1.807, 2.05) is 20.8 Å². The normalized spacial score (nSPS) is 22.8. The van der Waals surface area contributed by atoms with Gasteiger partial charge in [-0.3, -0.25) is 4.79 Å². The highest BCUT2D eigenvalue weighted by Gasteiger charge is 2.36. The van der Waals surface area contributed by atoms with Crippen LogP contribution in [0.15, 0.2) is 6.07 Å². The van der Waals surface area contributed by atoms with Crippen LogP contribution < -0.4 is 4.90 Å². The van der Waals surface area contributed by atoms with Crippen LogP contribution in [0.5, 0.6) is 0 Å². The van der Waals surface area contributed by atoms with Crippen molar-refractivity contribution in [3.05, 3.63) is 15.8 Å². The van der Waals surface area contributed by atoms with E-state index in [-0.39, 0.29) is 34.3 Å². The Morgan fingerprint density at radius 3 is 2.27 bits per heavy atom. The predicted molar refractivity (Wildman–Crippen MR) is 120 cm³/mol. The molecule has 2 saturated carbocycles. The molecule has 0 aromatic carbocycles. The van der Waals surface area contributed by atoms with Gasteiger partial charge in [-0.1, -0.05) is 31.1 Å². The van der Waals surface area contributed by atoms with Crippen LogP contribution in [0.4, 0.5) is 5.69 Å². The molecule has 2 aliphatic carbocycles. The molecule has 2 N–H and O–H groups in total. The molecule has 1 aromatic heterocycles. The van der Waals surface area contributed by atoms with Crippen molar-refractivity contribution >= 4 is 28.9 Å². The van der Waals surface area contributed by atoms with Crippen molar-refractivity contribution in [3.63, 3.8) is 0 Å². The number of aliphatic hydroxyl groups is 1. The van der Waals surface area contributed by atoms with Gasteiger partial charge in [0.2, 0.25) is 5.91 Å². The van der Waals surface area contributed by atoms with Gasteiger partial charge in [0, 0.05) is 17.4 Å². The van der Waals surface area contributed by atoms with Crippen LogP contribution in [0, 0.1) is 23.2 Å². The van der Waals surface area contributed by atoms with Crippen molar-refractivity contribution in [2.24, 2.45) is 11.3 Å². The largest absolute Gasteiger partial charge is 0.477 e. The number of carboxylic acids is 1. The average molecular weight is 432 g/mol. The maximum atomic E-state index is 13.6. The molecule has 0 saturated heterocycles. The van der Waals surface area contributed by atoms with Gasteiger partial charge < -0.3 is 15.1 Å². The quantitative estimate of drug-likeness (QED) is 0.653. The smallest absolute Gasteiger partial charge is 0.348 e. The van der Waals surface area contributed by atoms with E-state index >= 15 is 0 Å². The van der Waals surface area contributed by atoms with E-state index in [9.17, 15) is 19.8 Å². The summed E-state index contributed by atoms with van der Waals surface area (Å²) in [5.74, 6) is 5.26. The first kappa shape index (κ1) is 22.8. The molecule has 0 bridgehead atoms. The summed E-state index contributed by atoms with van der Waals surface area (Å²) in [6.07, 6.45) is 7.32. The van der Waals surface area contributed by atoms with Crippen molar-refractivity contribution in [3.8, 4) is 11.8 Å². The minimum Gasteiger partial charge on any atom is -0.477 e. The number of rotatable bonds is 4. The van der Waals surface area contributed by atoms with Crippen LogP contribution in [0.1, 0.15) is 93.1 Å². The monoisotopic (exact) mass is 431 g/mol. The molecule has 1 amide bonds. The summed E-state index contributed by atoms with van der Waals surface area (Å²) in [4.78, 5) is 28.3. The molecule has 2 aliphatic rings. The van der Waals surface area contributed by atoms with Gasteiger partial charge in [-0.05, 0) is 65.4 Å². The zero-order chi connectivity index (χ0) is 21.9. The average Bonchev–Trinajstić information content (AvgIpc) is 3.12. The van der Waals surface area contributed by atoms with Gasteiger partial charge in [-0.2, -0.15) is 0 Å². The van der Waals surface area contributed by atoms with Crippen LogP contribution in [-0.4, -0.2) is 34.2 Å². The van der Waals surface area contributed by atoms with Crippen LogP contribution in [0.3, 0.4) is 0 Å². The van der Waals surface area contributed by atoms with E-state index in [1.165, 1.54) is 0 Å². The molecule has 0 unspecified atom stereocenters. The lowest BCUT2D eigenvalue weighted by Crippen LogP contribution is -2.46. The molecule has 1 heterocycles. The number of hydrogen-bond acceptors (Lipinski definition) is 4. The summed E-state index contributed by atoms with van der Waals surface area (Å²) in [5, 5.41) is 19.8. The second kappa shape index (κ2) is 9.53. The number of anilines is 1. The molecule has 1 aromatic rings. The first-order chi connectivity index (χ1) is 14.2. The van der Waals surface area contributed by atoms with Crippen molar-refractivity contribution in [1.29, 1.82) is 0 Å². The Balaban J connectivity index is 2.00. The Bertz CT molecular complexity index is 828. The molecular formula is C24H33NO4S. The summed E-state index contributed by atoms with van der Waals surface area (Å²) in [6, 6.07) is 1.72. The lowest BCUT2D eigenvalue weighted by Gasteiger charge is -2.38. The Hall–Kier alpha value is -1.84. The third-order valence-electron chi connectivity index (χ3n) is 5.95. The van der Waals surface area contributed by atoms with Gasteiger partial charge in [0.1, 0.15) is 4.88 Å². The molecule has 0 atom stereocenters. The fourth-order valence-electron chi connectivity index (χ4n) is 4.38. The second-order valence-electron chi connectivity index (χ2n) is 9.64.